The highest BCUT2D eigenvalue weighted by atomic mass is 32.2. The standard InChI is InChI=1S/C11H14O4S/c1-15-10-4-6-11(7-5-10)16(13,14)9-3-2-8-12/h4-8H,2-3,9H2,1H3. The van der Waals surface area contributed by atoms with Crippen LogP contribution in [0.15, 0.2) is 29.2 Å². The van der Waals surface area contributed by atoms with Crippen LogP contribution < -0.4 is 4.74 Å². The topological polar surface area (TPSA) is 60.4 Å². The summed E-state index contributed by atoms with van der Waals surface area (Å²) >= 11 is 0. The molecule has 0 heterocycles. The Morgan fingerprint density at radius 2 is 1.88 bits per heavy atom. The fourth-order valence-electron chi connectivity index (χ4n) is 1.26. The van der Waals surface area contributed by atoms with Crippen molar-refractivity contribution >= 4 is 16.1 Å². The zero-order valence-corrected chi connectivity index (χ0v) is 9.87. The van der Waals surface area contributed by atoms with Crippen LogP contribution in [0.3, 0.4) is 0 Å². The molecule has 88 valence electrons. The van der Waals surface area contributed by atoms with Gasteiger partial charge < -0.3 is 9.53 Å². The van der Waals surface area contributed by atoms with Gasteiger partial charge in [-0.15, -0.1) is 0 Å². The zero-order valence-electron chi connectivity index (χ0n) is 9.05. The lowest BCUT2D eigenvalue weighted by atomic mass is 10.3. The van der Waals surface area contributed by atoms with Crippen LogP contribution in [-0.4, -0.2) is 27.6 Å². The van der Waals surface area contributed by atoms with E-state index in [9.17, 15) is 13.2 Å². The van der Waals surface area contributed by atoms with Crippen molar-refractivity contribution in [2.45, 2.75) is 17.7 Å². The first-order valence-corrected chi connectivity index (χ1v) is 6.56. The molecule has 0 spiro atoms. The number of carbonyl (C=O) groups is 1. The Balaban J connectivity index is 2.77. The molecular formula is C11H14O4S. The third kappa shape index (κ3) is 3.34. The van der Waals surface area contributed by atoms with Gasteiger partial charge in [0.1, 0.15) is 12.0 Å². The summed E-state index contributed by atoms with van der Waals surface area (Å²) in [6, 6.07) is 6.23. The second-order valence-corrected chi connectivity index (χ2v) is 5.41. The van der Waals surface area contributed by atoms with E-state index in [1.807, 2.05) is 0 Å². The molecule has 0 saturated carbocycles. The monoisotopic (exact) mass is 242 g/mol. The number of rotatable bonds is 6. The summed E-state index contributed by atoms with van der Waals surface area (Å²) in [7, 11) is -1.75. The van der Waals surface area contributed by atoms with Crippen molar-refractivity contribution in [3.8, 4) is 5.75 Å². The van der Waals surface area contributed by atoms with Gasteiger partial charge in [-0.2, -0.15) is 0 Å². The molecule has 0 aliphatic rings. The van der Waals surface area contributed by atoms with E-state index >= 15 is 0 Å². The molecule has 1 aromatic rings. The van der Waals surface area contributed by atoms with Crippen molar-refractivity contribution < 1.29 is 17.9 Å². The Hall–Kier alpha value is -1.36. The summed E-state index contributed by atoms with van der Waals surface area (Å²) in [6.45, 7) is 0. The number of methoxy groups -OCH3 is 1. The maximum absolute atomic E-state index is 11.7. The molecule has 0 bridgehead atoms. The van der Waals surface area contributed by atoms with Gasteiger partial charge in [0, 0.05) is 6.42 Å². The lowest BCUT2D eigenvalue weighted by Gasteiger charge is -2.04. The summed E-state index contributed by atoms with van der Waals surface area (Å²) in [5, 5.41) is 0. The molecule has 0 unspecified atom stereocenters. The van der Waals surface area contributed by atoms with E-state index in [1.165, 1.54) is 19.2 Å². The van der Waals surface area contributed by atoms with Crippen molar-refractivity contribution in [1.82, 2.24) is 0 Å². The van der Waals surface area contributed by atoms with E-state index in [0.29, 0.717) is 12.2 Å². The number of sulfone groups is 1. The minimum absolute atomic E-state index is 0.00192. The second-order valence-electron chi connectivity index (χ2n) is 3.30. The van der Waals surface area contributed by atoms with Crippen LogP contribution in [0.4, 0.5) is 0 Å². The lowest BCUT2D eigenvalue weighted by molar-refractivity contribution is -0.107. The smallest absolute Gasteiger partial charge is 0.178 e. The van der Waals surface area contributed by atoms with Crippen LogP contribution in [0.25, 0.3) is 0 Å². The van der Waals surface area contributed by atoms with Gasteiger partial charge in [-0.05, 0) is 30.7 Å². The molecule has 0 aliphatic carbocycles. The maximum Gasteiger partial charge on any atom is 0.178 e. The Labute approximate surface area is 95.2 Å². The molecule has 0 saturated heterocycles. The lowest BCUT2D eigenvalue weighted by Crippen LogP contribution is -2.06. The van der Waals surface area contributed by atoms with Crippen molar-refractivity contribution in [2.24, 2.45) is 0 Å². The fraction of sp³-hybridized carbons (Fsp3) is 0.364. The van der Waals surface area contributed by atoms with Crippen LogP contribution >= 0.6 is 0 Å². The largest absolute Gasteiger partial charge is 0.497 e. The van der Waals surface area contributed by atoms with Crippen molar-refractivity contribution in [3.05, 3.63) is 24.3 Å². The molecular weight excluding hydrogens is 228 g/mol. The molecule has 16 heavy (non-hydrogen) atoms. The average Bonchev–Trinajstić information content (AvgIpc) is 2.29. The summed E-state index contributed by atoms with van der Waals surface area (Å²) in [5.74, 6) is 0.616. The molecule has 0 atom stereocenters. The molecule has 0 amide bonds. The number of benzene rings is 1. The van der Waals surface area contributed by atoms with E-state index in [2.05, 4.69) is 0 Å². The Kier molecular flexibility index (Phi) is 4.49. The molecule has 0 aromatic heterocycles. The van der Waals surface area contributed by atoms with Gasteiger partial charge in [0.2, 0.25) is 0 Å². The zero-order chi connectivity index (χ0) is 12.0. The van der Waals surface area contributed by atoms with Gasteiger partial charge >= 0.3 is 0 Å². The van der Waals surface area contributed by atoms with Crippen molar-refractivity contribution in [1.29, 1.82) is 0 Å². The summed E-state index contributed by atoms with van der Waals surface area (Å²) in [6.07, 6.45) is 1.36. The molecule has 0 radical (unpaired) electrons. The average molecular weight is 242 g/mol. The summed E-state index contributed by atoms with van der Waals surface area (Å²) in [5.41, 5.74) is 0. The van der Waals surface area contributed by atoms with E-state index in [1.54, 1.807) is 12.1 Å². The quantitative estimate of drug-likeness (QED) is 0.559. The predicted octanol–water partition coefficient (Wildman–Crippen LogP) is 1.45. The van der Waals surface area contributed by atoms with Crippen LogP contribution in [0, 0.1) is 0 Å². The van der Waals surface area contributed by atoms with Crippen LogP contribution in [0.5, 0.6) is 5.75 Å². The number of carbonyl (C=O) groups excluding carboxylic acids is 1. The first kappa shape index (κ1) is 12.7. The van der Waals surface area contributed by atoms with E-state index in [0.717, 1.165) is 6.29 Å². The van der Waals surface area contributed by atoms with E-state index < -0.39 is 9.84 Å². The molecule has 4 nitrogen and oxygen atoms in total. The summed E-state index contributed by atoms with van der Waals surface area (Å²) < 4.78 is 28.4. The predicted molar refractivity (Wildman–Crippen MR) is 60.3 cm³/mol. The van der Waals surface area contributed by atoms with Gasteiger partial charge in [-0.25, -0.2) is 8.42 Å². The fourth-order valence-corrected chi connectivity index (χ4v) is 2.59. The normalized spacial score (nSPS) is 11.1. The molecule has 1 aromatic carbocycles. The molecule has 5 heteroatoms. The van der Waals surface area contributed by atoms with Crippen molar-refractivity contribution in [3.63, 3.8) is 0 Å². The molecule has 0 aliphatic heterocycles. The van der Waals surface area contributed by atoms with Crippen LogP contribution in [0.2, 0.25) is 0 Å². The van der Waals surface area contributed by atoms with Gasteiger partial charge in [-0.1, -0.05) is 0 Å². The number of hydrogen-bond donors (Lipinski definition) is 0. The Morgan fingerprint density at radius 3 is 2.38 bits per heavy atom. The minimum Gasteiger partial charge on any atom is -0.497 e. The third-order valence-corrected chi connectivity index (χ3v) is 3.97. The third-order valence-electron chi connectivity index (χ3n) is 2.15. The molecule has 0 fully saturated rings. The van der Waals surface area contributed by atoms with Crippen LogP contribution in [-0.2, 0) is 14.6 Å². The number of ether oxygens (including phenoxy) is 1. The SMILES string of the molecule is COc1ccc(S(=O)(=O)CCCC=O)cc1. The Bertz CT molecular complexity index is 434. The maximum atomic E-state index is 11.7. The number of aldehydes is 1. The highest BCUT2D eigenvalue weighted by Gasteiger charge is 2.13. The highest BCUT2D eigenvalue weighted by molar-refractivity contribution is 7.91. The minimum atomic E-state index is -3.27. The summed E-state index contributed by atoms with van der Waals surface area (Å²) in [4.78, 5) is 10.4. The highest BCUT2D eigenvalue weighted by Crippen LogP contribution is 2.17. The first-order valence-electron chi connectivity index (χ1n) is 4.90. The van der Waals surface area contributed by atoms with Gasteiger partial charge in [0.05, 0.1) is 17.8 Å². The van der Waals surface area contributed by atoms with Gasteiger partial charge in [0.25, 0.3) is 0 Å². The molecule has 1 rings (SSSR count). The van der Waals surface area contributed by atoms with Crippen molar-refractivity contribution in [2.75, 3.05) is 12.9 Å². The van der Waals surface area contributed by atoms with E-state index in [-0.39, 0.29) is 17.1 Å². The first-order chi connectivity index (χ1) is 7.60. The second kappa shape index (κ2) is 5.65. The number of hydrogen-bond acceptors (Lipinski definition) is 4. The Morgan fingerprint density at radius 1 is 1.25 bits per heavy atom. The molecule has 0 N–H and O–H groups in total. The van der Waals surface area contributed by atoms with Gasteiger partial charge in [0.15, 0.2) is 9.84 Å². The number of unbranched alkanes of at least 4 members (excludes halogenated alkanes) is 1. The van der Waals surface area contributed by atoms with Crippen LogP contribution in [0.1, 0.15) is 12.8 Å². The van der Waals surface area contributed by atoms with E-state index in [4.69, 9.17) is 4.74 Å². The van der Waals surface area contributed by atoms with Gasteiger partial charge in [-0.3, -0.25) is 0 Å².